The second-order valence-electron chi connectivity index (χ2n) is 6.41. The van der Waals surface area contributed by atoms with Crippen molar-refractivity contribution < 1.29 is 32.3 Å². The minimum Gasteiger partial charge on any atom is -0.437 e. The van der Waals surface area contributed by atoms with Gasteiger partial charge in [-0.3, -0.25) is 9.59 Å². The molecule has 0 saturated carbocycles. The van der Waals surface area contributed by atoms with E-state index >= 15 is 0 Å². The van der Waals surface area contributed by atoms with Gasteiger partial charge in [0.15, 0.2) is 0 Å². The number of hydrogen-bond donors (Lipinski definition) is 2. The highest BCUT2D eigenvalue weighted by molar-refractivity contribution is 7.90. The van der Waals surface area contributed by atoms with Crippen LogP contribution in [0.4, 0.5) is 10.5 Å². The van der Waals surface area contributed by atoms with Gasteiger partial charge in [-0.15, -0.1) is 0 Å². The lowest BCUT2D eigenvalue weighted by Crippen LogP contribution is -2.30. The third-order valence-corrected chi connectivity index (χ3v) is 5.38. The van der Waals surface area contributed by atoms with Crippen LogP contribution in [0.25, 0.3) is 0 Å². The van der Waals surface area contributed by atoms with E-state index in [0.717, 1.165) is 32.6 Å². The monoisotopic (exact) mass is 449 g/mol. The first-order valence-corrected chi connectivity index (χ1v) is 10.9. The molecule has 166 valence electrons. The minimum atomic E-state index is -4.15. The van der Waals surface area contributed by atoms with Crippen molar-refractivity contribution in [3.8, 4) is 5.88 Å². The zero-order chi connectivity index (χ0) is 22.9. The van der Waals surface area contributed by atoms with E-state index in [1.807, 2.05) is 11.6 Å². The van der Waals surface area contributed by atoms with Crippen LogP contribution in [0.2, 0.25) is 0 Å². The molecule has 0 radical (unpaired) electrons. The van der Waals surface area contributed by atoms with Crippen LogP contribution in [0, 0.1) is 0 Å². The summed E-state index contributed by atoms with van der Waals surface area (Å²) < 4.78 is 35.8. The molecule has 1 heterocycles. The number of carbonyl (C=O) groups is 3. The Balaban J connectivity index is 1.99. The number of amides is 2. The number of methoxy groups -OCH3 is 1. The fraction of sp³-hybridized carbons (Fsp3) is 0.300. The summed E-state index contributed by atoms with van der Waals surface area (Å²) in [6, 6.07) is 7.91. The molecule has 1 aromatic heterocycles. The first kappa shape index (κ1) is 23.8. The van der Waals surface area contributed by atoms with Crippen molar-refractivity contribution in [1.82, 2.24) is 9.71 Å². The molecule has 0 saturated heterocycles. The van der Waals surface area contributed by atoms with Crippen molar-refractivity contribution >= 4 is 33.7 Å². The maximum atomic E-state index is 12.4. The summed E-state index contributed by atoms with van der Waals surface area (Å²) in [4.78, 5) is 38.7. The molecule has 31 heavy (non-hydrogen) atoms. The van der Waals surface area contributed by atoms with Gasteiger partial charge in [0.05, 0.1) is 17.6 Å². The average Bonchev–Trinajstić information content (AvgIpc) is 2.74. The molecule has 0 fully saturated rings. The molecule has 0 bridgehead atoms. The Labute approximate surface area is 180 Å². The number of benzene rings is 1. The SMILES string of the molecule is CCCCCC(=O)Nc1ccc(S(=O)(=O)NC(=O)c2ccc(OC(=O)OC)nc2)cc1. The van der Waals surface area contributed by atoms with Gasteiger partial charge >= 0.3 is 6.16 Å². The first-order valence-electron chi connectivity index (χ1n) is 9.44. The van der Waals surface area contributed by atoms with E-state index in [1.165, 1.54) is 36.4 Å². The number of nitrogens with one attached hydrogen (secondary N) is 2. The number of sulfonamides is 1. The van der Waals surface area contributed by atoms with Gasteiger partial charge in [-0.2, -0.15) is 0 Å². The number of pyridine rings is 1. The molecule has 1 aromatic carbocycles. The molecule has 2 rings (SSSR count). The molecule has 0 atom stereocenters. The fourth-order valence-corrected chi connectivity index (χ4v) is 3.39. The Morgan fingerprint density at radius 2 is 1.74 bits per heavy atom. The highest BCUT2D eigenvalue weighted by Gasteiger charge is 2.19. The Kier molecular flexibility index (Phi) is 8.50. The maximum Gasteiger partial charge on any atom is 0.514 e. The molecule has 0 unspecified atom stereocenters. The highest BCUT2D eigenvalue weighted by Crippen LogP contribution is 2.16. The summed E-state index contributed by atoms with van der Waals surface area (Å²) in [5.74, 6) is -1.17. The van der Waals surface area contributed by atoms with E-state index in [1.54, 1.807) is 0 Å². The third kappa shape index (κ3) is 7.37. The molecular formula is C20H23N3O7S. The number of carbonyl (C=O) groups excluding carboxylic acids is 3. The summed E-state index contributed by atoms with van der Waals surface area (Å²) >= 11 is 0. The van der Waals surface area contributed by atoms with Crippen LogP contribution in [0.15, 0.2) is 47.5 Å². The van der Waals surface area contributed by atoms with Crippen molar-refractivity contribution in [1.29, 1.82) is 0 Å². The van der Waals surface area contributed by atoms with Crippen LogP contribution >= 0.6 is 0 Å². The van der Waals surface area contributed by atoms with E-state index < -0.39 is 22.1 Å². The third-order valence-electron chi connectivity index (χ3n) is 4.04. The normalized spacial score (nSPS) is 10.8. The summed E-state index contributed by atoms with van der Waals surface area (Å²) in [6.07, 6.45) is 3.22. The largest absolute Gasteiger partial charge is 0.514 e. The molecule has 0 spiro atoms. The number of aromatic nitrogens is 1. The lowest BCUT2D eigenvalue weighted by atomic mass is 10.2. The standard InChI is InChI=1S/C20H23N3O7S/c1-3-4-5-6-17(24)22-15-8-10-16(11-9-15)31(27,28)23-19(25)14-7-12-18(21-13-14)30-20(26)29-2/h7-13H,3-6H2,1-2H3,(H,22,24)(H,23,25). The number of anilines is 1. The van der Waals surface area contributed by atoms with Crippen LogP contribution in [0.5, 0.6) is 5.88 Å². The van der Waals surface area contributed by atoms with Crippen molar-refractivity contribution in [3.63, 3.8) is 0 Å². The van der Waals surface area contributed by atoms with Crippen LogP contribution in [0.3, 0.4) is 0 Å². The zero-order valence-corrected chi connectivity index (χ0v) is 17.9. The van der Waals surface area contributed by atoms with Crippen molar-refractivity contribution in [2.24, 2.45) is 0 Å². The van der Waals surface area contributed by atoms with E-state index in [0.29, 0.717) is 12.1 Å². The van der Waals surface area contributed by atoms with Crippen LogP contribution in [0.1, 0.15) is 43.0 Å². The Hall–Kier alpha value is -3.47. The van der Waals surface area contributed by atoms with Crippen molar-refractivity contribution in [3.05, 3.63) is 48.2 Å². The van der Waals surface area contributed by atoms with Gasteiger partial charge in [0.25, 0.3) is 15.9 Å². The Morgan fingerprint density at radius 3 is 2.32 bits per heavy atom. The molecular weight excluding hydrogens is 426 g/mol. The van der Waals surface area contributed by atoms with Gasteiger partial charge < -0.3 is 14.8 Å². The zero-order valence-electron chi connectivity index (χ0n) is 17.1. The second kappa shape index (κ2) is 11.1. The van der Waals surface area contributed by atoms with Crippen LogP contribution in [-0.4, -0.2) is 38.5 Å². The molecule has 10 nitrogen and oxygen atoms in total. The molecule has 11 heteroatoms. The number of nitrogens with zero attached hydrogens (tertiary/aromatic N) is 1. The molecule has 0 aliphatic carbocycles. The van der Waals surface area contributed by atoms with Crippen LogP contribution < -0.4 is 14.8 Å². The van der Waals surface area contributed by atoms with Gasteiger partial charge in [0, 0.05) is 24.4 Å². The molecule has 2 amide bonds. The summed E-state index contributed by atoms with van der Waals surface area (Å²) in [7, 11) is -3.02. The topological polar surface area (TPSA) is 141 Å². The van der Waals surface area contributed by atoms with Gasteiger partial charge in [-0.25, -0.2) is 22.9 Å². The smallest absolute Gasteiger partial charge is 0.437 e. The average molecular weight is 449 g/mol. The maximum absolute atomic E-state index is 12.4. The van der Waals surface area contributed by atoms with Gasteiger partial charge in [-0.1, -0.05) is 19.8 Å². The predicted octanol–water partition coefficient (Wildman–Crippen LogP) is 2.86. The van der Waals surface area contributed by atoms with Crippen molar-refractivity contribution in [2.45, 2.75) is 37.5 Å². The predicted molar refractivity (Wildman–Crippen MR) is 111 cm³/mol. The minimum absolute atomic E-state index is 0.0586. The molecule has 2 aromatic rings. The summed E-state index contributed by atoms with van der Waals surface area (Å²) in [5.41, 5.74) is 0.397. The van der Waals surface area contributed by atoms with Crippen LogP contribution in [-0.2, 0) is 19.6 Å². The second-order valence-corrected chi connectivity index (χ2v) is 8.09. The van der Waals surface area contributed by atoms with Gasteiger partial charge in [0.1, 0.15) is 0 Å². The number of ether oxygens (including phenoxy) is 2. The number of hydrogen-bond acceptors (Lipinski definition) is 8. The number of rotatable bonds is 9. The lowest BCUT2D eigenvalue weighted by Gasteiger charge is -2.09. The highest BCUT2D eigenvalue weighted by atomic mass is 32.2. The van der Waals surface area contributed by atoms with E-state index in [9.17, 15) is 22.8 Å². The van der Waals surface area contributed by atoms with Gasteiger partial charge in [0.2, 0.25) is 11.8 Å². The van der Waals surface area contributed by atoms with Crippen molar-refractivity contribution in [2.75, 3.05) is 12.4 Å². The quantitative estimate of drug-likeness (QED) is 0.440. The number of unbranched alkanes of at least 4 members (excludes halogenated alkanes) is 2. The van der Waals surface area contributed by atoms with E-state index in [4.69, 9.17) is 0 Å². The molecule has 0 aliphatic rings. The fourth-order valence-electron chi connectivity index (χ4n) is 2.42. The first-order chi connectivity index (χ1) is 14.7. The Morgan fingerprint density at radius 1 is 1.03 bits per heavy atom. The molecule has 0 aliphatic heterocycles. The summed E-state index contributed by atoms with van der Waals surface area (Å²) in [6.45, 7) is 2.04. The van der Waals surface area contributed by atoms with E-state index in [2.05, 4.69) is 19.8 Å². The Bertz CT molecular complexity index is 1020. The summed E-state index contributed by atoms with van der Waals surface area (Å²) in [5, 5.41) is 2.69. The van der Waals surface area contributed by atoms with E-state index in [-0.39, 0.29) is 22.2 Å². The lowest BCUT2D eigenvalue weighted by molar-refractivity contribution is -0.116. The molecule has 2 N–H and O–H groups in total. The van der Waals surface area contributed by atoms with Gasteiger partial charge in [-0.05, 0) is 36.8 Å².